The number of nitrogens with one attached hydrogen (secondary N) is 1. The largest absolute Gasteiger partial charge is 0.315 e. The van der Waals surface area contributed by atoms with Gasteiger partial charge in [-0.25, -0.2) is 12.8 Å². The van der Waals surface area contributed by atoms with Crippen LogP contribution in [0, 0.1) is 5.82 Å². The number of hydrogen-bond acceptors (Lipinski definition) is 4. The highest BCUT2D eigenvalue weighted by Gasteiger charge is 2.33. The summed E-state index contributed by atoms with van der Waals surface area (Å²) in [5, 5.41) is 3.38. The van der Waals surface area contributed by atoms with Crippen LogP contribution in [0.1, 0.15) is 6.42 Å². The van der Waals surface area contributed by atoms with E-state index in [1.165, 1.54) is 10.4 Å². The molecule has 0 aliphatic carbocycles. The Morgan fingerprint density at radius 1 is 1.23 bits per heavy atom. The molecule has 1 aromatic rings. The molecular formula is C14H19ClFN3O2S. The van der Waals surface area contributed by atoms with Crippen molar-refractivity contribution >= 4 is 21.6 Å². The summed E-state index contributed by atoms with van der Waals surface area (Å²) in [6.45, 7) is 4.18. The Kier molecular flexibility index (Phi) is 4.70. The lowest BCUT2D eigenvalue weighted by molar-refractivity contribution is 0.145. The van der Waals surface area contributed by atoms with Gasteiger partial charge >= 0.3 is 0 Å². The van der Waals surface area contributed by atoms with Crippen molar-refractivity contribution in [3.8, 4) is 0 Å². The number of nitrogens with zero attached hydrogens (tertiary/aromatic N) is 2. The second-order valence-corrected chi connectivity index (χ2v) is 7.97. The molecule has 0 radical (unpaired) electrons. The smallest absolute Gasteiger partial charge is 0.244 e. The lowest BCUT2D eigenvalue weighted by Gasteiger charge is -2.37. The van der Waals surface area contributed by atoms with Gasteiger partial charge in [0.05, 0.1) is 5.02 Å². The lowest BCUT2D eigenvalue weighted by Crippen LogP contribution is -2.52. The van der Waals surface area contributed by atoms with Crippen molar-refractivity contribution in [1.29, 1.82) is 0 Å². The Hall–Kier alpha value is -0.730. The predicted octanol–water partition coefficient (Wildman–Crippen LogP) is 1.15. The quantitative estimate of drug-likeness (QED) is 0.891. The van der Waals surface area contributed by atoms with Gasteiger partial charge in [-0.3, -0.25) is 4.90 Å². The molecule has 1 unspecified atom stereocenters. The summed E-state index contributed by atoms with van der Waals surface area (Å²) in [5.74, 6) is -0.598. The van der Waals surface area contributed by atoms with Crippen LogP contribution in [0.25, 0.3) is 0 Å². The summed E-state index contributed by atoms with van der Waals surface area (Å²) in [7, 11) is -3.74. The molecule has 8 heteroatoms. The Balaban J connectivity index is 1.73. The number of rotatable bonds is 3. The van der Waals surface area contributed by atoms with Crippen LogP contribution >= 0.6 is 11.6 Å². The van der Waals surface area contributed by atoms with Gasteiger partial charge in [0.15, 0.2) is 0 Å². The monoisotopic (exact) mass is 347 g/mol. The van der Waals surface area contributed by atoms with Crippen molar-refractivity contribution in [2.24, 2.45) is 0 Å². The number of piperazine rings is 1. The van der Waals surface area contributed by atoms with Crippen molar-refractivity contribution in [3.63, 3.8) is 0 Å². The molecule has 2 aliphatic rings. The maximum atomic E-state index is 13.4. The van der Waals surface area contributed by atoms with Crippen LogP contribution < -0.4 is 5.32 Å². The van der Waals surface area contributed by atoms with E-state index in [-0.39, 0.29) is 9.92 Å². The zero-order chi connectivity index (χ0) is 15.7. The Morgan fingerprint density at radius 2 is 1.95 bits per heavy atom. The maximum Gasteiger partial charge on any atom is 0.244 e. The number of hydrogen-bond donors (Lipinski definition) is 1. The molecule has 122 valence electrons. The van der Waals surface area contributed by atoms with Gasteiger partial charge in [0.1, 0.15) is 10.7 Å². The summed E-state index contributed by atoms with van der Waals surface area (Å²) >= 11 is 5.94. The van der Waals surface area contributed by atoms with Crippen molar-refractivity contribution in [2.45, 2.75) is 17.4 Å². The fraction of sp³-hybridized carbons (Fsp3) is 0.571. The van der Waals surface area contributed by atoms with E-state index in [1.54, 1.807) is 0 Å². The average molecular weight is 348 g/mol. The van der Waals surface area contributed by atoms with E-state index in [4.69, 9.17) is 11.6 Å². The van der Waals surface area contributed by atoms with Crippen molar-refractivity contribution < 1.29 is 12.8 Å². The molecule has 3 rings (SSSR count). The Labute approximate surface area is 135 Å². The molecule has 0 amide bonds. The van der Waals surface area contributed by atoms with Crippen LogP contribution in [-0.4, -0.2) is 62.9 Å². The van der Waals surface area contributed by atoms with E-state index >= 15 is 0 Å². The molecule has 1 atom stereocenters. The molecule has 0 spiro atoms. The van der Waals surface area contributed by atoms with Gasteiger partial charge in [0.2, 0.25) is 10.0 Å². The molecule has 0 bridgehead atoms. The molecule has 1 aromatic carbocycles. The zero-order valence-corrected chi connectivity index (χ0v) is 13.7. The number of benzene rings is 1. The normalized spacial score (nSPS) is 24.7. The van der Waals surface area contributed by atoms with E-state index in [0.29, 0.717) is 32.2 Å². The van der Waals surface area contributed by atoms with E-state index < -0.39 is 15.8 Å². The van der Waals surface area contributed by atoms with Crippen LogP contribution in [-0.2, 0) is 10.0 Å². The first-order chi connectivity index (χ1) is 10.5. The van der Waals surface area contributed by atoms with E-state index in [9.17, 15) is 12.8 Å². The average Bonchev–Trinajstić information content (AvgIpc) is 3.04. The third kappa shape index (κ3) is 3.14. The van der Waals surface area contributed by atoms with E-state index in [1.807, 2.05) is 0 Å². The standard InChI is InChI=1S/C14H19ClFN3O2S/c15-13-2-1-11(16)9-14(13)22(20,21)19-7-5-18(6-8-19)12-3-4-17-10-12/h1-2,9,12,17H,3-8,10H2. The van der Waals surface area contributed by atoms with Gasteiger partial charge in [-0.15, -0.1) is 0 Å². The van der Waals surface area contributed by atoms with Gasteiger partial charge in [-0.05, 0) is 31.2 Å². The predicted molar refractivity (Wildman–Crippen MR) is 83.0 cm³/mol. The zero-order valence-electron chi connectivity index (χ0n) is 12.1. The molecule has 22 heavy (non-hydrogen) atoms. The van der Waals surface area contributed by atoms with Crippen molar-refractivity contribution in [3.05, 3.63) is 29.0 Å². The molecule has 0 saturated carbocycles. The van der Waals surface area contributed by atoms with Gasteiger partial charge in [0, 0.05) is 38.8 Å². The molecule has 1 N–H and O–H groups in total. The number of sulfonamides is 1. The minimum absolute atomic E-state index is 0.0591. The Bertz CT molecular complexity index is 641. The molecule has 0 aromatic heterocycles. The lowest BCUT2D eigenvalue weighted by atomic mass is 10.2. The van der Waals surface area contributed by atoms with Gasteiger partial charge in [-0.1, -0.05) is 11.6 Å². The minimum Gasteiger partial charge on any atom is -0.315 e. The second kappa shape index (κ2) is 6.41. The first-order valence-electron chi connectivity index (χ1n) is 7.38. The SMILES string of the molecule is O=S(=O)(c1cc(F)ccc1Cl)N1CCN(C2CCNC2)CC1. The van der Waals surface area contributed by atoms with Crippen molar-refractivity contribution in [1.82, 2.24) is 14.5 Å². The summed E-state index contributed by atoms with van der Waals surface area (Å²) in [5.41, 5.74) is 0. The molecule has 2 fully saturated rings. The molecule has 2 saturated heterocycles. The summed E-state index contributed by atoms with van der Waals surface area (Å²) in [6.07, 6.45) is 1.10. The molecule has 5 nitrogen and oxygen atoms in total. The first-order valence-corrected chi connectivity index (χ1v) is 9.20. The topological polar surface area (TPSA) is 52.7 Å². The highest BCUT2D eigenvalue weighted by atomic mass is 35.5. The van der Waals surface area contributed by atoms with Gasteiger partial charge in [-0.2, -0.15) is 4.31 Å². The maximum absolute atomic E-state index is 13.4. The van der Waals surface area contributed by atoms with Crippen LogP contribution in [0.5, 0.6) is 0 Å². The number of halogens is 2. The summed E-state index contributed by atoms with van der Waals surface area (Å²) < 4.78 is 40.0. The highest BCUT2D eigenvalue weighted by molar-refractivity contribution is 7.89. The highest BCUT2D eigenvalue weighted by Crippen LogP contribution is 2.26. The fourth-order valence-electron chi connectivity index (χ4n) is 3.07. The fourth-order valence-corrected chi connectivity index (χ4v) is 4.98. The molecule has 2 aliphatic heterocycles. The van der Waals surface area contributed by atoms with Gasteiger partial charge in [0.25, 0.3) is 0 Å². The van der Waals surface area contributed by atoms with Gasteiger partial charge < -0.3 is 5.32 Å². The van der Waals surface area contributed by atoms with Crippen LogP contribution in [0.4, 0.5) is 4.39 Å². The van der Waals surface area contributed by atoms with Crippen LogP contribution in [0.15, 0.2) is 23.1 Å². The summed E-state index contributed by atoms with van der Waals surface area (Å²) in [6, 6.07) is 3.92. The minimum atomic E-state index is -3.74. The molecule has 2 heterocycles. The second-order valence-electron chi connectivity index (χ2n) is 5.66. The van der Waals surface area contributed by atoms with Crippen LogP contribution in [0.3, 0.4) is 0 Å². The third-order valence-electron chi connectivity index (χ3n) is 4.34. The van der Waals surface area contributed by atoms with E-state index in [2.05, 4.69) is 10.2 Å². The van der Waals surface area contributed by atoms with E-state index in [0.717, 1.165) is 31.6 Å². The molecular weight excluding hydrogens is 329 g/mol. The summed E-state index contributed by atoms with van der Waals surface area (Å²) in [4.78, 5) is 2.17. The third-order valence-corrected chi connectivity index (χ3v) is 6.72. The van der Waals surface area contributed by atoms with Crippen LogP contribution in [0.2, 0.25) is 5.02 Å². The Morgan fingerprint density at radius 3 is 2.59 bits per heavy atom. The first kappa shape index (κ1) is 16.1. The van der Waals surface area contributed by atoms with Crippen molar-refractivity contribution in [2.75, 3.05) is 39.3 Å².